The molecule has 0 saturated heterocycles. The Balaban J connectivity index is 3.57. The van der Waals surface area contributed by atoms with Crippen molar-refractivity contribution in [1.82, 2.24) is 10.6 Å². The zero-order chi connectivity index (χ0) is 42.6. The minimum absolute atomic E-state index is 0.0278. The maximum Gasteiger partial charge on any atom is 0.220 e. The molecule has 0 aromatic carbocycles. The summed E-state index contributed by atoms with van der Waals surface area (Å²) in [5, 5.41) is 6.06. The van der Waals surface area contributed by atoms with Crippen molar-refractivity contribution in [2.75, 3.05) is 39.6 Å². The molecule has 0 aromatic rings. The first-order valence-electron chi connectivity index (χ1n) is 25.3. The van der Waals surface area contributed by atoms with Crippen LogP contribution in [0.25, 0.3) is 0 Å². The highest BCUT2D eigenvalue weighted by atomic mass is 16.6. The molecule has 0 aliphatic heterocycles. The lowest BCUT2D eigenvalue weighted by molar-refractivity contribution is -0.123. The Bertz CT molecular complexity index is 860. The molecule has 2 N–H and O–H groups in total. The fraction of sp³-hybridized carbons (Fsp3) is 0.960. The Morgan fingerprint density at radius 1 is 0.397 bits per heavy atom. The highest BCUT2D eigenvalue weighted by molar-refractivity contribution is 5.76. The van der Waals surface area contributed by atoms with Crippen LogP contribution in [0.1, 0.15) is 247 Å². The van der Waals surface area contributed by atoms with Crippen LogP contribution in [0, 0.1) is 0 Å². The zero-order valence-corrected chi connectivity index (χ0v) is 39.6. The second kappa shape index (κ2) is 45.3. The average Bonchev–Trinajstić information content (AvgIpc) is 3.21. The predicted octanol–water partition coefficient (Wildman–Crippen LogP) is 13.4. The Hall–Kier alpha value is -1.22. The van der Waals surface area contributed by atoms with Crippen molar-refractivity contribution in [2.45, 2.75) is 271 Å². The van der Waals surface area contributed by atoms with Crippen LogP contribution in [0.4, 0.5) is 0 Å². The molecule has 2 amide bonds. The van der Waals surface area contributed by atoms with E-state index in [1.165, 1.54) is 167 Å². The first kappa shape index (κ1) is 56.8. The van der Waals surface area contributed by atoms with E-state index < -0.39 is 0 Å². The molecule has 0 bridgehead atoms. The van der Waals surface area contributed by atoms with Gasteiger partial charge in [-0.15, -0.1) is 0 Å². The van der Waals surface area contributed by atoms with Crippen LogP contribution >= 0.6 is 0 Å². The Kier molecular flexibility index (Phi) is 44.4. The van der Waals surface area contributed by atoms with E-state index in [9.17, 15) is 9.59 Å². The van der Waals surface area contributed by atoms with E-state index in [1.807, 2.05) is 27.7 Å². The van der Waals surface area contributed by atoms with Crippen LogP contribution in [0.3, 0.4) is 0 Å². The molecule has 0 aliphatic carbocycles. The zero-order valence-electron chi connectivity index (χ0n) is 39.6. The first-order valence-corrected chi connectivity index (χ1v) is 25.3. The summed E-state index contributed by atoms with van der Waals surface area (Å²) in [5.41, 5.74) is 0. The molecule has 0 aliphatic rings. The number of hydrogen-bond donors (Lipinski definition) is 2. The van der Waals surface area contributed by atoms with Gasteiger partial charge in [0.25, 0.3) is 0 Å². The van der Waals surface area contributed by atoms with Crippen LogP contribution in [-0.2, 0) is 28.5 Å². The molecule has 0 aromatic heterocycles. The minimum Gasteiger partial charge on any atom is -0.377 e. The van der Waals surface area contributed by atoms with Gasteiger partial charge in [-0.2, -0.15) is 0 Å². The molecule has 0 rings (SSSR count). The quantitative estimate of drug-likeness (QED) is 0.0594. The molecule has 4 unspecified atom stereocenters. The molecule has 58 heavy (non-hydrogen) atoms. The Labute approximate surface area is 360 Å². The van der Waals surface area contributed by atoms with Crippen LogP contribution in [0.5, 0.6) is 0 Å². The molecule has 4 atom stereocenters. The van der Waals surface area contributed by atoms with Gasteiger partial charge in [-0.3, -0.25) is 9.59 Å². The number of nitrogens with one attached hydrogen (secondary N) is 2. The molecule has 8 nitrogen and oxygen atoms in total. The fourth-order valence-electron chi connectivity index (χ4n) is 7.36. The number of carbonyl (C=O) groups excluding carboxylic acids is 2. The van der Waals surface area contributed by atoms with Gasteiger partial charge in [0, 0.05) is 25.4 Å². The molecule has 0 heterocycles. The minimum atomic E-state index is -0.0764. The van der Waals surface area contributed by atoms with Gasteiger partial charge in [-0.05, 0) is 40.5 Å². The number of unbranched alkanes of at least 4 members (excludes halogenated alkanes) is 28. The number of amides is 2. The van der Waals surface area contributed by atoms with Gasteiger partial charge in [0.15, 0.2) is 0 Å². The molecular formula is C50H100N2O6. The van der Waals surface area contributed by atoms with Gasteiger partial charge in [-0.25, -0.2) is 0 Å². The Morgan fingerprint density at radius 2 is 0.707 bits per heavy atom. The van der Waals surface area contributed by atoms with Gasteiger partial charge in [0.05, 0.1) is 51.3 Å². The number of ether oxygens (including phenoxy) is 4. The number of carbonyl (C=O) groups is 2. The smallest absolute Gasteiger partial charge is 0.220 e. The SMILES string of the molecule is CCCCCCCCCCCCCCCCCC(=O)NCCOCC(C)OCC(C)OCC(C)OCC(C)NC(=O)CCCCCCCCCCCCCCCCC. The van der Waals surface area contributed by atoms with Gasteiger partial charge in [0.1, 0.15) is 0 Å². The summed E-state index contributed by atoms with van der Waals surface area (Å²) in [4.78, 5) is 24.6. The third-order valence-electron chi connectivity index (χ3n) is 11.2. The van der Waals surface area contributed by atoms with Crippen molar-refractivity contribution in [1.29, 1.82) is 0 Å². The van der Waals surface area contributed by atoms with Crippen molar-refractivity contribution in [3.05, 3.63) is 0 Å². The van der Waals surface area contributed by atoms with Crippen LogP contribution in [0.15, 0.2) is 0 Å². The van der Waals surface area contributed by atoms with E-state index in [2.05, 4.69) is 24.5 Å². The van der Waals surface area contributed by atoms with Gasteiger partial charge >= 0.3 is 0 Å². The van der Waals surface area contributed by atoms with Crippen molar-refractivity contribution in [3.63, 3.8) is 0 Å². The Morgan fingerprint density at radius 3 is 1.09 bits per heavy atom. The van der Waals surface area contributed by atoms with Crippen LogP contribution in [-0.4, -0.2) is 75.7 Å². The van der Waals surface area contributed by atoms with Crippen LogP contribution < -0.4 is 10.6 Å². The second-order valence-electron chi connectivity index (χ2n) is 17.7. The number of hydrogen-bond acceptors (Lipinski definition) is 6. The third-order valence-corrected chi connectivity index (χ3v) is 11.2. The predicted molar refractivity (Wildman–Crippen MR) is 247 cm³/mol. The monoisotopic (exact) mass is 825 g/mol. The molecule has 0 fully saturated rings. The van der Waals surface area contributed by atoms with E-state index in [1.54, 1.807) is 0 Å². The maximum atomic E-state index is 12.4. The molecule has 0 saturated carbocycles. The third kappa shape index (κ3) is 44.3. The van der Waals surface area contributed by atoms with Gasteiger partial charge < -0.3 is 29.6 Å². The fourth-order valence-corrected chi connectivity index (χ4v) is 7.36. The van der Waals surface area contributed by atoms with E-state index in [0.29, 0.717) is 52.4 Å². The van der Waals surface area contributed by atoms with Crippen molar-refractivity contribution in [2.24, 2.45) is 0 Å². The lowest BCUT2D eigenvalue weighted by Crippen LogP contribution is -2.37. The summed E-state index contributed by atoms with van der Waals surface area (Å²) in [5.74, 6) is 0.241. The molecule has 0 radical (unpaired) electrons. The number of rotatable bonds is 47. The lowest BCUT2D eigenvalue weighted by Gasteiger charge is -2.21. The lowest BCUT2D eigenvalue weighted by atomic mass is 10.0. The standard InChI is InChI=1S/C50H100N2O6/c1-7-9-11-13-15-17-19-21-23-25-27-29-31-33-35-37-49(53)51-39-40-55-42-46(4)57-44-48(6)58-43-47(5)56-41-45(3)52-50(54)38-36-34-32-30-28-26-24-22-20-18-16-14-12-10-8-2/h45-48H,7-44H2,1-6H3,(H,51,53)(H,52,54). The van der Waals surface area contributed by atoms with Crippen molar-refractivity contribution >= 4 is 11.8 Å². The average molecular weight is 825 g/mol. The topological polar surface area (TPSA) is 95.1 Å². The van der Waals surface area contributed by atoms with Crippen molar-refractivity contribution < 1.29 is 28.5 Å². The van der Waals surface area contributed by atoms with E-state index in [4.69, 9.17) is 18.9 Å². The highest BCUT2D eigenvalue weighted by Gasteiger charge is 2.13. The summed E-state index contributed by atoms with van der Waals surface area (Å²) in [7, 11) is 0. The summed E-state index contributed by atoms with van der Waals surface area (Å²) in [6.45, 7) is 15.4. The first-order chi connectivity index (χ1) is 28.3. The molecule has 346 valence electrons. The summed E-state index contributed by atoms with van der Waals surface area (Å²) < 4.78 is 23.5. The summed E-state index contributed by atoms with van der Waals surface area (Å²) in [6, 6.07) is -0.0278. The summed E-state index contributed by atoms with van der Waals surface area (Å²) in [6.07, 6.45) is 40.9. The second-order valence-corrected chi connectivity index (χ2v) is 17.7. The molecule has 8 heteroatoms. The van der Waals surface area contributed by atoms with E-state index in [-0.39, 0.29) is 36.2 Å². The maximum absolute atomic E-state index is 12.4. The summed E-state index contributed by atoms with van der Waals surface area (Å²) >= 11 is 0. The van der Waals surface area contributed by atoms with Crippen LogP contribution in [0.2, 0.25) is 0 Å². The van der Waals surface area contributed by atoms with Crippen molar-refractivity contribution in [3.8, 4) is 0 Å². The largest absolute Gasteiger partial charge is 0.377 e. The molecule has 0 spiro atoms. The normalized spacial score (nSPS) is 13.7. The van der Waals surface area contributed by atoms with Gasteiger partial charge in [0.2, 0.25) is 11.8 Å². The highest BCUT2D eigenvalue weighted by Crippen LogP contribution is 2.15. The van der Waals surface area contributed by atoms with E-state index >= 15 is 0 Å². The van der Waals surface area contributed by atoms with E-state index in [0.717, 1.165) is 25.7 Å². The molecular weight excluding hydrogens is 725 g/mol. The van der Waals surface area contributed by atoms with Gasteiger partial charge in [-0.1, -0.05) is 194 Å².